The molecule has 4 heterocycles. The van der Waals surface area contributed by atoms with Crippen LogP contribution in [0.1, 0.15) is 49.5 Å². The van der Waals surface area contributed by atoms with Crippen LogP contribution in [0.5, 0.6) is 0 Å². The number of aryl methyl sites for hydroxylation is 1. The Kier molecular flexibility index (Phi) is 4.12. The van der Waals surface area contributed by atoms with Crippen molar-refractivity contribution in [3.05, 3.63) is 53.5 Å². The topological polar surface area (TPSA) is 66.1 Å². The standard InChI is InChI=1S/C25H29N5O.H2/c1-2-4-19-15(3-1)7-8-22(30-10-17-12-31-13-18(17)11-30)23(19)29-25-20-9-21(16-5-6-16)28-24(20)26-14-27-25;/h1-4,9,14,16-18,22-23H,5-8,10-13H2,(H2,26,27,28,29);1H/t17?,18?,22-,23-;/m0./s1. The molecule has 6 nitrogen and oxygen atoms in total. The highest BCUT2D eigenvalue weighted by Crippen LogP contribution is 2.43. The van der Waals surface area contributed by atoms with Gasteiger partial charge in [-0.1, -0.05) is 24.3 Å². The first kappa shape index (κ1) is 18.2. The van der Waals surface area contributed by atoms with Crippen LogP contribution in [-0.2, 0) is 11.2 Å². The van der Waals surface area contributed by atoms with Crippen LogP contribution >= 0.6 is 0 Å². The number of ether oxygens (including phenoxy) is 1. The molecule has 1 saturated carbocycles. The molecule has 7 rings (SSSR count). The minimum atomic E-state index is 0. The fraction of sp³-hybridized carbons (Fsp3) is 0.520. The molecule has 2 saturated heterocycles. The number of hydrogen-bond donors (Lipinski definition) is 2. The Bertz CT molecular complexity index is 1120. The van der Waals surface area contributed by atoms with Crippen LogP contribution in [0, 0.1) is 11.8 Å². The Morgan fingerprint density at radius 2 is 1.90 bits per heavy atom. The van der Waals surface area contributed by atoms with Crippen LogP contribution in [0.3, 0.4) is 0 Å². The lowest BCUT2D eigenvalue weighted by atomic mass is 9.83. The molecule has 6 heteroatoms. The van der Waals surface area contributed by atoms with Crippen molar-refractivity contribution >= 4 is 16.9 Å². The van der Waals surface area contributed by atoms with E-state index in [4.69, 9.17) is 9.72 Å². The number of fused-ring (bicyclic) bond motifs is 3. The molecule has 2 aliphatic carbocycles. The highest BCUT2D eigenvalue weighted by Gasteiger charge is 2.43. The van der Waals surface area contributed by atoms with Crippen LogP contribution in [0.15, 0.2) is 36.7 Å². The summed E-state index contributed by atoms with van der Waals surface area (Å²) in [5, 5.41) is 5.02. The first-order chi connectivity index (χ1) is 15.3. The molecule has 2 unspecified atom stereocenters. The summed E-state index contributed by atoms with van der Waals surface area (Å²) in [5.41, 5.74) is 5.16. The number of hydrogen-bond acceptors (Lipinski definition) is 5. The average Bonchev–Trinajstić information content (AvgIpc) is 3.20. The zero-order chi connectivity index (χ0) is 20.4. The van der Waals surface area contributed by atoms with Crippen LogP contribution < -0.4 is 5.32 Å². The molecule has 0 bridgehead atoms. The fourth-order valence-corrected chi connectivity index (χ4v) is 6.14. The molecule has 0 radical (unpaired) electrons. The van der Waals surface area contributed by atoms with Gasteiger partial charge in [-0.25, -0.2) is 9.97 Å². The molecule has 2 N–H and O–H groups in total. The van der Waals surface area contributed by atoms with Crippen molar-refractivity contribution in [2.45, 2.75) is 43.7 Å². The van der Waals surface area contributed by atoms with Gasteiger partial charge in [0.15, 0.2) is 0 Å². The van der Waals surface area contributed by atoms with Crippen molar-refractivity contribution in [3.63, 3.8) is 0 Å². The third kappa shape index (κ3) is 3.07. The number of anilines is 1. The number of nitrogens with zero attached hydrogens (tertiary/aromatic N) is 3. The van der Waals surface area contributed by atoms with Gasteiger partial charge in [0.25, 0.3) is 0 Å². The van der Waals surface area contributed by atoms with Crippen molar-refractivity contribution < 1.29 is 6.16 Å². The van der Waals surface area contributed by atoms with E-state index in [0.29, 0.717) is 23.8 Å². The van der Waals surface area contributed by atoms with Crippen molar-refractivity contribution in [1.82, 2.24) is 19.9 Å². The monoisotopic (exact) mass is 417 g/mol. The predicted molar refractivity (Wildman–Crippen MR) is 122 cm³/mol. The van der Waals surface area contributed by atoms with Gasteiger partial charge in [-0.05, 0) is 48.8 Å². The van der Waals surface area contributed by atoms with Gasteiger partial charge in [-0.3, -0.25) is 4.90 Å². The fourth-order valence-electron chi connectivity index (χ4n) is 6.14. The van der Waals surface area contributed by atoms with E-state index in [9.17, 15) is 0 Å². The van der Waals surface area contributed by atoms with Gasteiger partial charge in [-0.15, -0.1) is 0 Å². The second-order valence-corrected chi connectivity index (χ2v) is 9.92. The molecule has 0 amide bonds. The van der Waals surface area contributed by atoms with Crippen LogP contribution in [0.2, 0.25) is 0 Å². The van der Waals surface area contributed by atoms with Gasteiger partial charge in [0.1, 0.15) is 17.8 Å². The maximum atomic E-state index is 5.74. The molecule has 162 valence electrons. The van der Waals surface area contributed by atoms with E-state index in [0.717, 1.165) is 49.6 Å². The second-order valence-electron chi connectivity index (χ2n) is 9.92. The normalized spacial score (nSPS) is 30.5. The highest BCUT2D eigenvalue weighted by atomic mass is 16.5. The minimum absolute atomic E-state index is 0. The van der Waals surface area contributed by atoms with Gasteiger partial charge in [0.2, 0.25) is 0 Å². The number of likely N-dealkylation sites (tertiary alicyclic amines) is 1. The molecule has 31 heavy (non-hydrogen) atoms. The molecule has 1 aromatic carbocycles. The zero-order valence-electron chi connectivity index (χ0n) is 17.8. The zero-order valence-corrected chi connectivity index (χ0v) is 17.8. The molecule has 3 aromatic rings. The van der Waals surface area contributed by atoms with Crippen molar-refractivity contribution in [2.75, 3.05) is 31.6 Å². The van der Waals surface area contributed by atoms with Crippen LogP contribution in [0.25, 0.3) is 11.0 Å². The van der Waals surface area contributed by atoms with E-state index in [1.807, 2.05) is 0 Å². The van der Waals surface area contributed by atoms with Crippen LogP contribution in [-0.4, -0.2) is 52.2 Å². The van der Waals surface area contributed by atoms with E-state index in [1.165, 1.54) is 36.1 Å². The molecular weight excluding hydrogens is 386 g/mol. The van der Waals surface area contributed by atoms with Gasteiger partial charge in [-0.2, -0.15) is 0 Å². The predicted octanol–water partition coefficient (Wildman–Crippen LogP) is 4.13. The molecule has 4 atom stereocenters. The van der Waals surface area contributed by atoms with E-state index < -0.39 is 0 Å². The van der Waals surface area contributed by atoms with Crippen LogP contribution in [0.4, 0.5) is 5.82 Å². The summed E-state index contributed by atoms with van der Waals surface area (Å²) < 4.78 is 5.74. The minimum Gasteiger partial charge on any atom is -0.381 e. The molecule has 2 aromatic heterocycles. The Hall–Kier alpha value is -2.44. The van der Waals surface area contributed by atoms with E-state index in [1.54, 1.807) is 6.33 Å². The lowest BCUT2D eigenvalue weighted by molar-refractivity contribution is 0.127. The van der Waals surface area contributed by atoms with E-state index >= 15 is 0 Å². The smallest absolute Gasteiger partial charge is 0.143 e. The Morgan fingerprint density at radius 1 is 1.06 bits per heavy atom. The molecule has 2 aliphatic heterocycles. The second kappa shape index (κ2) is 7.04. The number of H-pyrrole nitrogens is 1. The summed E-state index contributed by atoms with van der Waals surface area (Å²) in [5.74, 6) is 3.04. The quantitative estimate of drug-likeness (QED) is 0.668. The molecule has 4 aliphatic rings. The van der Waals surface area contributed by atoms with Crippen molar-refractivity contribution in [3.8, 4) is 0 Å². The molecule has 3 fully saturated rings. The summed E-state index contributed by atoms with van der Waals surface area (Å²) in [4.78, 5) is 15.5. The number of aromatic amines is 1. The van der Waals surface area contributed by atoms with Gasteiger partial charge >= 0.3 is 0 Å². The lowest BCUT2D eigenvalue weighted by Crippen LogP contribution is -2.44. The van der Waals surface area contributed by atoms with Gasteiger partial charge in [0.05, 0.1) is 24.6 Å². The van der Waals surface area contributed by atoms with E-state index in [2.05, 4.69) is 50.5 Å². The summed E-state index contributed by atoms with van der Waals surface area (Å²) in [6.07, 6.45) is 6.59. The first-order valence-electron chi connectivity index (χ1n) is 11.8. The number of benzene rings is 1. The number of rotatable bonds is 4. The van der Waals surface area contributed by atoms with Crippen molar-refractivity contribution in [2.24, 2.45) is 11.8 Å². The van der Waals surface area contributed by atoms with E-state index in [-0.39, 0.29) is 7.47 Å². The first-order valence-corrected chi connectivity index (χ1v) is 11.8. The summed E-state index contributed by atoms with van der Waals surface area (Å²) in [7, 11) is 0. The SMILES string of the molecule is [HH].c1ccc2c(c1)CC[C@H](N1CC3COCC3C1)[C@H]2Nc1ncnc2[nH]c(C3CC3)cc12. The summed E-state index contributed by atoms with van der Waals surface area (Å²) in [6.45, 7) is 4.18. The highest BCUT2D eigenvalue weighted by molar-refractivity contribution is 5.88. The maximum absolute atomic E-state index is 5.74. The third-order valence-electron chi connectivity index (χ3n) is 7.98. The average molecular weight is 418 g/mol. The third-order valence-corrected chi connectivity index (χ3v) is 7.98. The largest absolute Gasteiger partial charge is 0.381 e. The number of nitrogens with one attached hydrogen (secondary N) is 2. The number of aromatic nitrogens is 3. The van der Waals surface area contributed by atoms with Crippen molar-refractivity contribution in [1.29, 1.82) is 0 Å². The lowest BCUT2D eigenvalue weighted by Gasteiger charge is -2.40. The summed E-state index contributed by atoms with van der Waals surface area (Å²) >= 11 is 0. The Morgan fingerprint density at radius 3 is 2.74 bits per heavy atom. The Balaban J connectivity index is 0.00000196. The van der Waals surface area contributed by atoms with Gasteiger partial charge in [0, 0.05) is 38.1 Å². The Labute approximate surface area is 183 Å². The molecular formula is C25H31N5O. The van der Waals surface area contributed by atoms with Gasteiger partial charge < -0.3 is 15.0 Å². The molecule has 0 spiro atoms. The summed E-state index contributed by atoms with van der Waals surface area (Å²) in [6, 6.07) is 11.9. The maximum Gasteiger partial charge on any atom is 0.143 e.